The van der Waals surface area contributed by atoms with Crippen molar-refractivity contribution in [2.75, 3.05) is 36.0 Å². The maximum Gasteiger partial charge on any atom is 0.425 e. The van der Waals surface area contributed by atoms with Crippen LogP contribution < -0.4 is 15.5 Å². The Kier molecular flexibility index (Phi) is 5.89. The molecule has 32 heavy (non-hydrogen) atoms. The van der Waals surface area contributed by atoms with Gasteiger partial charge in [-0.05, 0) is 38.1 Å². The summed E-state index contributed by atoms with van der Waals surface area (Å²) in [5.41, 5.74) is -0.228. The van der Waals surface area contributed by atoms with Crippen LogP contribution in [0.4, 0.5) is 29.3 Å². The van der Waals surface area contributed by atoms with Gasteiger partial charge in [-0.15, -0.1) is 11.3 Å². The lowest BCUT2D eigenvalue weighted by Gasteiger charge is -2.35. The van der Waals surface area contributed by atoms with Crippen LogP contribution in [0.2, 0.25) is 0 Å². The van der Waals surface area contributed by atoms with Crippen LogP contribution in [-0.4, -0.2) is 45.7 Å². The van der Waals surface area contributed by atoms with E-state index in [9.17, 15) is 22.4 Å². The van der Waals surface area contributed by atoms with Crippen LogP contribution in [-0.2, 0) is 12.7 Å². The summed E-state index contributed by atoms with van der Waals surface area (Å²) < 4.78 is 53.2. The van der Waals surface area contributed by atoms with Crippen LogP contribution in [0, 0.1) is 19.7 Å². The molecule has 12 heteroatoms. The molecule has 0 N–H and O–H groups in total. The molecule has 0 unspecified atom stereocenters. The van der Waals surface area contributed by atoms with Crippen molar-refractivity contribution >= 4 is 23.1 Å². The van der Waals surface area contributed by atoms with Gasteiger partial charge in [-0.2, -0.15) is 23.1 Å². The van der Waals surface area contributed by atoms with Crippen molar-refractivity contribution in [1.29, 1.82) is 0 Å². The van der Waals surface area contributed by atoms with E-state index in [0.29, 0.717) is 59.7 Å². The number of alkyl halides is 3. The molecule has 0 spiro atoms. The molecule has 4 rings (SSSR count). The number of nitrogens with zero attached hydrogens (tertiary/aromatic N) is 6. The van der Waals surface area contributed by atoms with Crippen LogP contribution in [0.5, 0.6) is 0 Å². The fourth-order valence-corrected chi connectivity index (χ4v) is 4.32. The Balaban J connectivity index is 1.46. The summed E-state index contributed by atoms with van der Waals surface area (Å²) in [6.45, 7) is 5.50. The van der Waals surface area contributed by atoms with E-state index in [1.165, 1.54) is 16.7 Å². The summed E-state index contributed by atoms with van der Waals surface area (Å²) in [7, 11) is 0. The molecule has 170 valence electrons. The zero-order valence-electron chi connectivity index (χ0n) is 17.4. The highest BCUT2D eigenvalue weighted by Crippen LogP contribution is 2.34. The minimum atomic E-state index is -4.41. The molecule has 0 aliphatic carbocycles. The number of hydrogen-bond acceptors (Lipinski definition) is 7. The zero-order valence-corrected chi connectivity index (χ0v) is 18.2. The highest BCUT2D eigenvalue weighted by Gasteiger charge is 2.32. The second-order valence-corrected chi connectivity index (χ2v) is 8.58. The van der Waals surface area contributed by atoms with E-state index in [4.69, 9.17) is 0 Å². The van der Waals surface area contributed by atoms with Gasteiger partial charge in [0.25, 0.3) is 0 Å². The summed E-state index contributed by atoms with van der Waals surface area (Å²) in [6.07, 6.45) is -4.41. The van der Waals surface area contributed by atoms with E-state index in [1.807, 2.05) is 9.80 Å². The Bertz CT molecular complexity index is 1180. The van der Waals surface area contributed by atoms with Gasteiger partial charge in [-0.25, -0.2) is 14.2 Å². The minimum Gasteiger partial charge on any atom is -0.353 e. The molecule has 0 saturated carbocycles. The highest BCUT2D eigenvalue weighted by atomic mass is 32.1. The molecule has 1 saturated heterocycles. The number of thiophene rings is 1. The van der Waals surface area contributed by atoms with Crippen molar-refractivity contribution in [3.63, 3.8) is 0 Å². The Morgan fingerprint density at radius 2 is 1.66 bits per heavy atom. The molecular formula is C20H20F4N6OS. The molecule has 0 radical (unpaired) electrons. The number of piperazine rings is 1. The van der Waals surface area contributed by atoms with Crippen molar-refractivity contribution in [2.45, 2.75) is 26.6 Å². The molecule has 1 aliphatic rings. The van der Waals surface area contributed by atoms with Gasteiger partial charge in [-0.3, -0.25) is 4.57 Å². The lowest BCUT2D eigenvalue weighted by molar-refractivity contribution is -0.134. The Morgan fingerprint density at radius 1 is 0.969 bits per heavy atom. The average Bonchev–Trinajstić information content (AvgIpc) is 3.22. The van der Waals surface area contributed by atoms with E-state index < -0.39 is 16.7 Å². The smallest absolute Gasteiger partial charge is 0.353 e. The predicted octanol–water partition coefficient (Wildman–Crippen LogP) is 3.24. The van der Waals surface area contributed by atoms with E-state index in [1.54, 1.807) is 19.9 Å². The van der Waals surface area contributed by atoms with Gasteiger partial charge in [-0.1, -0.05) is 0 Å². The lowest BCUT2D eigenvalue weighted by Crippen LogP contribution is -2.48. The van der Waals surface area contributed by atoms with E-state index >= 15 is 0 Å². The van der Waals surface area contributed by atoms with Gasteiger partial charge in [0.1, 0.15) is 22.3 Å². The number of anilines is 2. The largest absolute Gasteiger partial charge is 0.425 e. The maximum atomic E-state index is 13.5. The van der Waals surface area contributed by atoms with Gasteiger partial charge in [0, 0.05) is 31.1 Å². The summed E-state index contributed by atoms with van der Waals surface area (Å²) in [5.74, 6) is 0.994. The SMILES string of the molecule is Cc1nc(N2CCN(c3nc(C)n(Cc4ccc(C(F)(F)F)s4)c(=O)n3)CC2)ccc1F. The van der Waals surface area contributed by atoms with E-state index in [-0.39, 0.29) is 18.3 Å². The van der Waals surface area contributed by atoms with Crippen LogP contribution >= 0.6 is 11.3 Å². The first kappa shape index (κ1) is 22.2. The Labute approximate surface area is 185 Å². The van der Waals surface area contributed by atoms with Crippen LogP contribution in [0.15, 0.2) is 29.1 Å². The predicted molar refractivity (Wildman–Crippen MR) is 113 cm³/mol. The molecule has 0 bridgehead atoms. The van der Waals surface area contributed by atoms with E-state index in [0.717, 1.165) is 6.07 Å². The summed E-state index contributed by atoms with van der Waals surface area (Å²) in [5, 5.41) is 0. The first-order valence-electron chi connectivity index (χ1n) is 9.86. The molecular weight excluding hydrogens is 448 g/mol. The molecule has 0 atom stereocenters. The van der Waals surface area contributed by atoms with Crippen molar-refractivity contribution in [2.24, 2.45) is 0 Å². The summed E-state index contributed by atoms with van der Waals surface area (Å²) in [4.78, 5) is 28.9. The van der Waals surface area contributed by atoms with Gasteiger partial charge < -0.3 is 9.80 Å². The standard InChI is InChI=1S/C20H20F4N6OS/c1-12-15(21)4-6-17(25-12)28-7-9-29(10-8-28)18-26-13(2)30(19(31)27-18)11-14-3-5-16(32-14)20(22,23)24/h3-6H,7-11H2,1-2H3. The highest BCUT2D eigenvalue weighted by molar-refractivity contribution is 7.12. The van der Waals surface area contributed by atoms with Crippen LogP contribution in [0.25, 0.3) is 0 Å². The van der Waals surface area contributed by atoms with E-state index in [2.05, 4.69) is 15.0 Å². The molecule has 1 fully saturated rings. The number of rotatable bonds is 4. The van der Waals surface area contributed by atoms with Crippen molar-refractivity contribution in [3.8, 4) is 0 Å². The fourth-order valence-electron chi connectivity index (χ4n) is 3.45. The molecule has 3 aromatic heterocycles. The second-order valence-electron chi connectivity index (χ2n) is 7.41. The van der Waals surface area contributed by atoms with Gasteiger partial charge in [0.15, 0.2) is 0 Å². The first-order chi connectivity index (χ1) is 15.1. The third-order valence-electron chi connectivity index (χ3n) is 5.23. The summed E-state index contributed by atoms with van der Waals surface area (Å²) in [6, 6.07) is 5.39. The van der Waals surface area contributed by atoms with Crippen molar-refractivity contribution in [3.05, 3.63) is 61.8 Å². The average molecular weight is 468 g/mol. The Morgan fingerprint density at radius 3 is 2.25 bits per heavy atom. The minimum absolute atomic E-state index is 0.0188. The number of aromatic nitrogens is 4. The van der Waals surface area contributed by atoms with Gasteiger partial charge >= 0.3 is 11.9 Å². The molecule has 0 aromatic carbocycles. The van der Waals surface area contributed by atoms with Crippen LogP contribution in [0.1, 0.15) is 21.3 Å². The Hall–Kier alpha value is -3.02. The molecule has 7 nitrogen and oxygen atoms in total. The molecule has 4 heterocycles. The molecule has 1 aliphatic heterocycles. The fraction of sp³-hybridized carbons (Fsp3) is 0.400. The maximum absolute atomic E-state index is 13.5. The monoisotopic (exact) mass is 468 g/mol. The number of pyridine rings is 1. The first-order valence-corrected chi connectivity index (χ1v) is 10.7. The number of halogens is 4. The normalized spacial score (nSPS) is 14.8. The third-order valence-corrected chi connectivity index (χ3v) is 6.34. The zero-order chi connectivity index (χ0) is 23.0. The van der Waals surface area contributed by atoms with Gasteiger partial charge in [0.2, 0.25) is 5.95 Å². The van der Waals surface area contributed by atoms with Crippen molar-refractivity contribution < 1.29 is 17.6 Å². The lowest BCUT2D eigenvalue weighted by atomic mass is 10.3. The quantitative estimate of drug-likeness (QED) is 0.548. The third kappa shape index (κ3) is 4.59. The van der Waals surface area contributed by atoms with Crippen molar-refractivity contribution in [1.82, 2.24) is 19.5 Å². The molecule has 3 aromatic rings. The number of aryl methyl sites for hydroxylation is 2. The number of hydrogen-bond donors (Lipinski definition) is 0. The second kappa shape index (κ2) is 8.49. The topological polar surface area (TPSA) is 67.2 Å². The van der Waals surface area contributed by atoms with Crippen LogP contribution in [0.3, 0.4) is 0 Å². The molecule has 0 amide bonds. The van der Waals surface area contributed by atoms with Gasteiger partial charge in [0.05, 0.1) is 12.2 Å². The summed E-state index contributed by atoms with van der Waals surface area (Å²) >= 11 is 0.599.